The summed E-state index contributed by atoms with van der Waals surface area (Å²) in [5.74, 6) is 0.0131. The van der Waals surface area contributed by atoms with Crippen LogP contribution in [0.1, 0.15) is 12.5 Å². The molecule has 3 heterocycles. The molecule has 1 N–H and O–H groups in total. The van der Waals surface area contributed by atoms with Crippen LogP contribution in [0.15, 0.2) is 72.2 Å². The summed E-state index contributed by atoms with van der Waals surface area (Å²) in [6.45, 7) is 1.87. The Morgan fingerprint density at radius 1 is 1.12 bits per heavy atom. The summed E-state index contributed by atoms with van der Waals surface area (Å²) in [6, 6.07) is 18.9. The van der Waals surface area contributed by atoms with Crippen LogP contribution in [-0.4, -0.2) is 34.9 Å². The van der Waals surface area contributed by atoms with Gasteiger partial charge in [-0.25, -0.2) is 4.98 Å². The summed E-state index contributed by atoms with van der Waals surface area (Å²) >= 11 is 1.50. The largest absolute Gasteiger partial charge is 0.482 e. The lowest BCUT2D eigenvalue weighted by atomic mass is 10.1. The summed E-state index contributed by atoms with van der Waals surface area (Å²) in [5, 5.41) is 5.63. The first-order valence-electron chi connectivity index (χ1n) is 10.9. The van der Waals surface area contributed by atoms with Gasteiger partial charge in [-0.05, 0) is 54.4 Å². The molecule has 0 spiro atoms. The van der Waals surface area contributed by atoms with Gasteiger partial charge < -0.3 is 10.1 Å². The Morgan fingerprint density at radius 3 is 2.74 bits per heavy atom. The highest BCUT2D eigenvalue weighted by Crippen LogP contribution is 2.37. The van der Waals surface area contributed by atoms with E-state index in [-0.39, 0.29) is 25.0 Å². The van der Waals surface area contributed by atoms with Crippen LogP contribution >= 0.6 is 11.3 Å². The number of ether oxygens (including phenoxy) is 1. The molecule has 0 fully saturated rings. The SMILES string of the molecule is CCc1ccc(NC(=O)CN2C(=O)COc3ccc(-c4csc(-c5ccccn5)n4)cc32)cc1. The van der Waals surface area contributed by atoms with Gasteiger partial charge >= 0.3 is 0 Å². The molecule has 0 saturated carbocycles. The molecule has 2 amide bonds. The van der Waals surface area contributed by atoms with Crippen LogP contribution in [0.2, 0.25) is 0 Å². The fraction of sp³-hybridized carbons (Fsp3) is 0.154. The van der Waals surface area contributed by atoms with Gasteiger partial charge in [0.05, 0.1) is 17.1 Å². The number of hydrogen-bond donors (Lipinski definition) is 1. The molecule has 8 heteroatoms. The highest BCUT2D eigenvalue weighted by atomic mass is 32.1. The van der Waals surface area contributed by atoms with E-state index < -0.39 is 0 Å². The van der Waals surface area contributed by atoms with Crippen molar-refractivity contribution in [1.29, 1.82) is 0 Å². The zero-order chi connectivity index (χ0) is 23.5. The Kier molecular flexibility index (Phi) is 6.05. The van der Waals surface area contributed by atoms with Gasteiger partial charge in [0.25, 0.3) is 5.91 Å². The number of hydrogen-bond acceptors (Lipinski definition) is 6. The predicted molar refractivity (Wildman–Crippen MR) is 133 cm³/mol. The van der Waals surface area contributed by atoms with E-state index in [1.165, 1.54) is 21.8 Å². The quantitative estimate of drug-likeness (QED) is 0.438. The molecule has 1 aliphatic heterocycles. The van der Waals surface area contributed by atoms with Crippen molar-refractivity contribution < 1.29 is 14.3 Å². The number of aromatic nitrogens is 2. The van der Waals surface area contributed by atoms with E-state index in [2.05, 4.69) is 17.2 Å². The van der Waals surface area contributed by atoms with E-state index in [9.17, 15) is 9.59 Å². The van der Waals surface area contributed by atoms with E-state index in [1.54, 1.807) is 6.20 Å². The van der Waals surface area contributed by atoms with Gasteiger partial charge in [0, 0.05) is 22.8 Å². The topological polar surface area (TPSA) is 84.4 Å². The standard InChI is InChI=1S/C26H22N4O3S/c1-2-17-6-9-19(10-7-17)28-24(31)14-30-22-13-18(8-11-23(22)33-15-25(30)32)21-16-34-26(29-21)20-5-3-4-12-27-20/h3-13,16H,2,14-15H2,1H3,(H,28,31). The number of aryl methyl sites for hydroxylation is 1. The summed E-state index contributed by atoms with van der Waals surface area (Å²) in [5.41, 5.74) is 4.85. The minimum absolute atomic E-state index is 0.106. The van der Waals surface area contributed by atoms with E-state index >= 15 is 0 Å². The molecule has 5 rings (SSSR count). The third kappa shape index (κ3) is 4.53. The number of nitrogens with one attached hydrogen (secondary N) is 1. The third-order valence-corrected chi connectivity index (χ3v) is 6.40. The molecule has 0 radical (unpaired) electrons. The number of carbonyl (C=O) groups is 2. The number of fused-ring (bicyclic) bond motifs is 1. The molecule has 0 bridgehead atoms. The number of benzene rings is 2. The van der Waals surface area contributed by atoms with E-state index in [0.29, 0.717) is 17.1 Å². The molecular weight excluding hydrogens is 448 g/mol. The van der Waals surface area contributed by atoms with Crippen molar-refractivity contribution in [3.05, 3.63) is 77.8 Å². The molecule has 2 aromatic carbocycles. The summed E-state index contributed by atoms with van der Waals surface area (Å²) in [7, 11) is 0. The molecular formula is C26H22N4O3S. The molecule has 0 unspecified atom stereocenters. The maximum Gasteiger partial charge on any atom is 0.265 e. The van der Waals surface area contributed by atoms with Crippen molar-refractivity contribution in [2.75, 3.05) is 23.4 Å². The second kappa shape index (κ2) is 9.44. The van der Waals surface area contributed by atoms with E-state index in [4.69, 9.17) is 9.72 Å². The molecule has 0 aliphatic carbocycles. The van der Waals surface area contributed by atoms with Gasteiger partial charge in [-0.3, -0.25) is 19.5 Å². The summed E-state index contributed by atoms with van der Waals surface area (Å²) in [6.07, 6.45) is 2.66. The molecule has 0 atom stereocenters. The van der Waals surface area contributed by atoms with Crippen molar-refractivity contribution in [1.82, 2.24) is 9.97 Å². The highest BCUT2D eigenvalue weighted by molar-refractivity contribution is 7.13. The van der Waals surface area contributed by atoms with Crippen LogP contribution in [0.25, 0.3) is 22.0 Å². The van der Waals surface area contributed by atoms with Gasteiger partial charge in [-0.1, -0.05) is 25.1 Å². The van der Waals surface area contributed by atoms with Gasteiger partial charge in [0.15, 0.2) is 6.61 Å². The van der Waals surface area contributed by atoms with Gasteiger partial charge in [0.1, 0.15) is 17.3 Å². The maximum absolute atomic E-state index is 12.7. The van der Waals surface area contributed by atoms with Crippen LogP contribution in [-0.2, 0) is 16.0 Å². The fourth-order valence-corrected chi connectivity index (χ4v) is 4.52. The number of carbonyl (C=O) groups excluding carboxylic acids is 2. The molecule has 2 aromatic heterocycles. The minimum atomic E-state index is -0.276. The van der Waals surface area contributed by atoms with E-state index in [1.807, 2.05) is 66.0 Å². The first kappa shape index (κ1) is 21.8. The van der Waals surface area contributed by atoms with Crippen LogP contribution in [0, 0.1) is 0 Å². The van der Waals surface area contributed by atoms with Gasteiger partial charge in [0.2, 0.25) is 5.91 Å². The number of amides is 2. The molecule has 0 saturated heterocycles. The number of rotatable bonds is 6. The lowest BCUT2D eigenvalue weighted by Gasteiger charge is -2.29. The molecule has 7 nitrogen and oxygen atoms in total. The van der Waals surface area contributed by atoms with Gasteiger partial charge in [-0.2, -0.15) is 0 Å². The summed E-state index contributed by atoms with van der Waals surface area (Å²) < 4.78 is 5.61. The molecule has 170 valence electrons. The average molecular weight is 471 g/mol. The van der Waals surface area contributed by atoms with Gasteiger partial charge in [-0.15, -0.1) is 11.3 Å². The normalized spacial score (nSPS) is 12.7. The zero-order valence-electron chi connectivity index (χ0n) is 18.5. The Hall–Kier alpha value is -4.04. The molecule has 1 aliphatic rings. The highest BCUT2D eigenvalue weighted by Gasteiger charge is 2.28. The lowest BCUT2D eigenvalue weighted by Crippen LogP contribution is -2.43. The zero-order valence-corrected chi connectivity index (χ0v) is 19.3. The predicted octanol–water partition coefficient (Wildman–Crippen LogP) is 4.80. The number of thiazole rings is 1. The molecule has 4 aromatic rings. The second-order valence-electron chi connectivity index (χ2n) is 7.80. The first-order valence-corrected chi connectivity index (χ1v) is 11.8. The van der Waals surface area contributed by atoms with Crippen molar-refractivity contribution in [3.63, 3.8) is 0 Å². The Bertz CT molecular complexity index is 1340. The Morgan fingerprint density at radius 2 is 1.97 bits per heavy atom. The van der Waals surface area contributed by atoms with Crippen molar-refractivity contribution in [2.24, 2.45) is 0 Å². The van der Waals surface area contributed by atoms with E-state index in [0.717, 1.165) is 28.4 Å². The minimum Gasteiger partial charge on any atom is -0.482 e. The van der Waals surface area contributed by atoms with Crippen LogP contribution in [0.4, 0.5) is 11.4 Å². The average Bonchev–Trinajstić information content (AvgIpc) is 3.37. The number of anilines is 2. The third-order valence-electron chi connectivity index (χ3n) is 5.53. The molecule has 34 heavy (non-hydrogen) atoms. The monoisotopic (exact) mass is 470 g/mol. The Labute approximate surface area is 201 Å². The lowest BCUT2D eigenvalue weighted by molar-refractivity contribution is -0.123. The van der Waals surface area contributed by atoms with Crippen molar-refractivity contribution in [3.8, 4) is 27.7 Å². The maximum atomic E-state index is 12.7. The van der Waals surface area contributed by atoms with Crippen LogP contribution in [0.3, 0.4) is 0 Å². The number of pyridine rings is 1. The second-order valence-corrected chi connectivity index (χ2v) is 8.66. The van der Waals surface area contributed by atoms with Crippen molar-refractivity contribution >= 4 is 34.5 Å². The summed E-state index contributed by atoms with van der Waals surface area (Å²) in [4.78, 5) is 35.9. The smallest absolute Gasteiger partial charge is 0.265 e. The number of nitrogens with zero attached hydrogens (tertiary/aromatic N) is 3. The fourth-order valence-electron chi connectivity index (χ4n) is 3.72. The van der Waals surface area contributed by atoms with Crippen LogP contribution < -0.4 is 15.0 Å². The Balaban J connectivity index is 1.38. The van der Waals surface area contributed by atoms with Crippen LogP contribution in [0.5, 0.6) is 5.75 Å². The first-order chi connectivity index (χ1) is 16.6. The van der Waals surface area contributed by atoms with Crippen molar-refractivity contribution in [2.45, 2.75) is 13.3 Å².